The zero-order chi connectivity index (χ0) is 9.78. The predicted molar refractivity (Wildman–Crippen MR) is 50.2 cm³/mol. The van der Waals surface area contributed by atoms with Crippen LogP contribution in [0.3, 0.4) is 0 Å². The van der Waals surface area contributed by atoms with Gasteiger partial charge in [-0.15, -0.1) is 0 Å². The summed E-state index contributed by atoms with van der Waals surface area (Å²) in [6.45, 7) is 8.32. The fourth-order valence-electron chi connectivity index (χ4n) is 1.50. The largest absolute Gasteiger partial charge is 0.354 e. The molecule has 1 N–H and O–H groups in total. The molecule has 0 heterocycles. The Kier molecular flexibility index (Phi) is 4.75. The van der Waals surface area contributed by atoms with E-state index >= 15 is 0 Å². The first-order chi connectivity index (χ1) is 5.44. The Bertz CT molecular complexity index is 120. The van der Waals surface area contributed by atoms with E-state index in [9.17, 15) is 0 Å². The molecule has 0 spiro atoms. The van der Waals surface area contributed by atoms with Gasteiger partial charge in [-0.05, 0) is 13.8 Å². The maximum atomic E-state index is 5.18. The smallest absolute Gasteiger partial charge is 0.174 e. The third-order valence-electron chi connectivity index (χ3n) is 1.68. The molecule has 0 aliphatic carbocycles. The monoisotopic (exact) mass is 175 g/mol. The Morgan fingerprint density at radius 1 is 1.08 bits per heavy atom. The van der Waals surface area contributed by atoms with Gasteiger partial charge < -0.3 is 14.8 Å². The van der Waals surface area contributed by atoms with Crippen molar-refractivity contribution in [3.63, 3.8) is 0 Å². The van der Waals surface area contributed by atoms with Crippen molar-refractivity contribution in [2.24, 2.45) is 0 Å². The predicted octanol–water partition coefficient (Wildman–Crippen LogP) is 1.38. The molecule has 0 fully saturated rings. The maximum Gasteiger partial charge on any atom is 0.174 e. The minimum atomic E-state index is -0.208. The van der Waals surface area contributed by atoms with Gasteiger partial charge in [0.05, 0.1) is 5.54 Å². The van der Waals surface area contributed by atoms with Crippen molar-refractivity contribution in [2.45, 2.75) is 45.6 Å². The Hall–Kier alpha value is -0.120. The molecule has 0 radical (unpaired) electrons. The number of ether oxygens (including phenoxy) is 2. The second kappa shape index (κ2) is 4.80. The zero-order valence-electron chi connectivity index (χ0n) is 8.97. The lowest BCUT2D eigenvalue weighted by Crippen LogP contribution is -2.53. The van der Waals surface area contributed by atoms with Gasteiger partial charge in [0.2, 0.25) is 0 Å². The average Bonchev–Trinajstić information content (AvgIpc) is 1.85. The van der Waals surface area contributed by atoms with Gasteiger partial charge >= 0.3 is 0 Å². The second-order valence-corrected chi connectivity index (χ2v) is 3.82. The summed E-state index contributed by atoms with van der Waals surface area (Å²) in [7, 11) is 3.30. The Morgan fingerprint density at radius 2 is 1.50 bits per heavy atom. The van der Waals surface area contributed by atoms with Gasteiger partial charge in [0.25, 0.3) is 0 Å². The van der Waals surface area contributed by atoms with Crippen LogP contribution in [0.2, 0.25) is 0 Å². The quantitative estimate of drug-likeness (QED) is 0.640. The molecule has 0 saturated heterocycles. The van der Waals surface area contributed by atoms with Crippen LogP contribution < -0.4 is 5.32 Å². The summed E-state index contributed by atoms with van der Waals surface area (Å²) in [6.07, 6.45) is -0.208. The third kappa shape index (κ3) is 3.52. The highest BCUT2D eigenvalue weighted by molar-refractivity contribution is 4.82. The number of rotatable bonds is 5. The highest BCUT2D eigenvalue weighted by atomic mass is 16.7. The molecule has 0 saturated carbocycles. The molecular weight excluding hydrogens is 154 g/mol. The molecule has 0 aliphatic heterocycles. The topological polar surface area (TPSA) is 30.5 Å². The number of methoxy groups -OCH3 is 2. The Labute approximate surface area is 75.4 Å². The van der Waals surface area contributed by atoms with Gasteiger partial charge in [-0.1, -0.05) is 13.8 Å². The fourth-order valence-corrected chi connectivity index (χ4v) is 1.50. The first-order valence-corrected chi connectivity index (χ1v) is 4.27. The minimum absolute atomic E-state index is 0.155. The van der Waals surface area contributed by atoms with Crippen LogP contribution in [0.5, 0.6) is 0 Å². The molecular formula is C9H21NO2. The zero-order valence-corrected chi connectivity index (χ0v) is 8.97. The van der Waals surface area contributed by atoms with E-state index in [0.717, 1.165) is 0 Å². The molecule has 0 aromatic rings. The van der Waals surface area contributed by atoms with Crippen molar-refractivity contribution in [2.75, 3.05) is 14.2 Å². The minimum Gasteiger partial charge on any atom is -0.354 e. The lowest BCUT2D eigenvalue weighted by atomic mass is 10.0. The molecule has 3 nitrogen and oxygen atoms in total. The summed E-state index contributed by atoms with van der Waals surface area (Å²) in [5.41, 5.74) is -0.155. The highest BCUT2D eigenvalue weighted by Gasteiger charge is 2.29. The van der Waals surface area contributed by atoms with E-state index < -0.39 is 0 Å². The summed E-state index contributed by atoms with van der Waals surface area (Å²) in [6, 6.07) is 0.424. The van der Waals surface area contributed by atoms with Crippen molar-refractivity contribution in [1.29, 1.82) is 0 Å². The fraction of sp³-hybridized carbons (Fsp3) is 1.00. The van der Waals surface area contributed by atoms with Crippen LogP contribution in [0.15, 0.2) is 0 Å². The van der Waals surface area contributed by atoms with Crippen LogP contribution in [-0.4, -0.2) is 32.1 Å². The van der Waals surface area contributed by atoms with Crippen molar-refractivity contribution in [3.05, 3.63) is 0 Å². The standard InChI is InChI=1S/C9H21NO2/c1-7(2)10-9(3,4)8(11-5)12-6/h7-8,10H,1-6H3. The summed E-state index contributed by atoms with van der Waals surface area (Å²) < 4.78 is 10.4. The molecule has 0 amide bonds. The van der Waals surface area contributed by atoms with Crippen molar-refractivity contribution in [1.82, 2.24) is 5.32 Å². The normalized spacial score (nSPS) is 13.0. The molecule has 0 atom stereocenters. The van der Waals surface area contributed by atoms with Crippen LogP contribution in [0.4, 0.5) is 0 Å². The van der Waals surface area contributed by atoms with E-state index in [4.69, 9.17) is 9.47 Å². The molecule has 0 aromatic carbocycles. The van der Waals surface area contributed by atoms with Crippen molar-refractivity contribution < 1.29 is 9.47 Å². The lowest BCUT2D eigenvalue weighted by Gasteiger charge is -2.34. The molecule has 0 aromatic heterocycles. The molecule has 0 aliphatic rings. The summed E-state index contributed by atoms with van der Waals surface area (Å²) in [4.78, 5) is 0. The highest BCUT2D eigenvalue weighted by Crippen LogP contribution is 2.13. The van der Waals surface area contributed by atoms with Gasteiger partial charge in [-0.25, -0.2) is 0 Å². The molecule has 12 heavy (non-hydrogen) atoms. The van der Waals surface area contributed by atoms with Gasteiger partial charge in [-0.2, -0.15) is 0 Å². The SMILES string of the molecule is COC(OC)C(C)(C)NC(C)C. The molecule has 3 heteroatoms. The van der Waals surface area contributed by atoms with E-state index in [1.54, 1.807) is 14.2 Å². The number of nitrogens with one attached hydrogen (secondary N) is 1. The van der Waals surface area contributed by atoms with E-state index in [-0.39, 0.29) is 11.8 Å². The lowest BCUT2D eigenvalue weighted by molar-refractivity contribution is -0.148. The third-order valence-corrected chi connectivity index (χ3v) is 1.68. The first-order valence-electron chi connectivity index (χ1n) is 4.27. The van der Waals surface area contributed by atoms with Crippen molar-refractivity contribution in [3.8, 4) is 0 Å². The van der Waals surface area contributed by atoms with Gasteiger partial charge in [-0.3, -0.25) is 0 Å². The Balaban J connectivity index is 4.14. The number of hydrogen-bond acceptors (Lipinski definition) is 3. The molecule has 0 rings (SSSR count). The van der Waals surface area contributed by atoms with E-state index in [1.807, 2.05) is 0 Å². The second-order valence-electron chi connectivity index (χ2n) is 3.82. The first kappa shape index (κ1) is 11.9. The number of hydrogen-bond donors (Lipinski definition) is 1. The van der Waals surface area contributed by atoms with Crippen molar-refractivity contribution >= 4 is 0 Å². The summed E-state index contributed by atoms with van der Waals surface area (Å²) in [5.74, 6) is 0. The van der Waals surface area contributed by atoms with Crippen LogP contribution in [-0.2, 0) is 9.47 Å². The molecule has 0 unspecified atom stereocenters. The maximum absolute atomic E-state index is 5.18. The van der Waals surface area contributed by atoms with Gasteiger partial charge in [0.15, 0.2) is 6.29 Å². The van der Waals surface area contributed by atoms with Crippen LogP contribution in [0.1, 0.15) is 27.7 Å². The average molecular weight is 175 g/mol. The Morgan fingerprint density at radius 3 is 1.75 bits per heavy atom. The van der Waals surface area contributed by atoms with Gasteiger partial charge in [0.1, 0.15) is 0 Å². The van der Waals surface area contributed by atoms with Crippen LogP contribution >= 0.6 is 0 Å². The molecule has 74 valence electrons. The van der Waals surface area contributed by atoms with Crippen LogP contribution in [0, 0.1) is 0 Å². The van der Waals surface area contributed by atoms with E-state index in [1.165, 1.54) is 0 Å². The summed E-state index contributed by atoms with van der Waals surface area (Å²) >= 11 is 0. The van der Waals surface area contributed by atoms with E-state index in [0.29, 0.717) is 6.04 Å². The van der Waals surface area contributed by atoms with E-state index in [2.05, 4.69) is 33.0 Å². The summed E-state index contributed by atoms with van der Waals surface area (Å²) in [5, 5.41) is 3.37. The van der Waals surface area contributed by atoms with Gasteiger partial charge in [0, 0.05) is 20.3 Å². The van der Waals surface area contributed by atoms with Crippen LogP contribution in [0.25, 0.3) is 0 Å². The molecule has 0 bridgehead atoms.